The Labute approximate surface area is 319 Å². The van der Waals surface area contributed by atoms with Crippen LogP contribution in [0.1, 0.15) is 0 Å². The van der Waals surface area contributed by atoms with E-state index in [4.69, 9.17) is 11.6 Å². The van der Waals surface area contributed by atoms with Gasteiger partial charge in [-0.15, -0.1) is 22.7 Å². The molecule has 0 amide bonds. The van der Waals surface area contributed by atoms with Gasteiger partial charge in [-0.25, -0.2) is 0 Å². The minimum Gasteiger partial charge on any atom is -0.310 e. The standard InChI is InChI=1S/C48H29ClN2S2/c49-31-25-30(26-35(27-31)50(32-13-3-1-4-14-32)34-23-24-38-37-18-8-11-21-43(37)52-45(38)28-34)40-29-41-36-17-7-10-20-42(36)51(33-15-5-2-6-16-33)47(41)46-39-19-9-12-22-44(39)53-48(40)46/h1-29H. The molecule has 0 radical (unpaired) electrons. The van der Waals surface area contributed by atoms with E-state index >= 15 is 0 Å². The van der Waals surface area contributed by atoms with Crippen LogP contribution in [0.4, 0.5) is 17.1 Å². The smallest absolute Gasteiger partial charge is 0.0634 e. The molecule has 0 saturated carbocycles. The number of halogens is 1. The van der Waals surface area contributed by atoms with Crippen LogP contribution in [0, 0.1) is 0 Å². The van der Waals surface area contributed by atoms with Crippen molar-refractivity contribution in [3.63, 3.8) is 0 Å². The average molecular weight is 733 g/mol. The lowest BCUT2D eigenvalue weighted by Crippen LogP contribution is -2.10. The van der Waals surface area contributed by atoms with E-state index in [2.05, 4.69) is 185 Å². The van der Waals surface area contributed by atoms with Crippen LogP contribution in [-0.2, 0) is 0 Å². The number of hydrogen-bond donors (Lipinski definition) is 0. The molecule has 3 heterocycles. The van der Waals surface area contributed by atoms with Crippen molar-refractivity contribution in [1.29, 1.82) is 0 Å². The molecule has 0 spiro atoms. The Morgan fingerprint density at radius 3 is 1.92 bits per heavy atom. The summed E-state index contributed by atoms with van der Waals surface area (Å²) in [4.78, 5) is 2.33. The van der Waals surface area contributed by atoms with E-state index in [1.807, 2.05) is 22.7 Å². The summed E-state index contributed by atoms with van der Waals surface area (Å²) in [7, 11) is 0. The van der Waals surface area contributed by atoms with Crippen LogP contribution in [0.3, 0.4) is 0 Å². The Morgan fingerprint density at radius 1 is 0.453 bits per heavy atom. The van der Waals surface area contributed by atoms with Gasteiger partial charge in [-0.05, 0) is 84.4 Å². The highest BCUT2D eigenvalue weighted by Crippen LogP contribution is 2.49. The van der Waals surface area contributed by atoms with E-state index in [1.165, 1.54) is 67.7 Å². The van der Waals surface area contributed by atoms with Crippen LogP contribution in [-0.4, -0.2) is 4.57 Å². The molecule has 8 aromatic carbocycles. The second-order valence-corrected chi connectivity index (χ2v) is 16.0. The number of aromatic nitrogens is 1. The molecule has 3 aromatic heterocycles. The number of thiophene rings is 2. The number of fused-ring (bicyclic) bond motifs is 10. The van der Waals surface area contributed by atoms with Gasteiger partial charge in [0.2, 0.25) is 0 Å². The third-order valence-electron chi connectivity index (χ3n) is 10.4. The monoisotopic (exact) mass is 732 g/mol. The van der Waals surface area contributed by atoms with Crippen molar-refractivity contribution in [1.82, 2.24) is 4.57 Å². The molecule has 11 aromatic rings. The van der Waals surface area contributed by atoms with Gasteiger partial charge in [-0.1, -0.05) is 109 Å². The molecular formula is C48H29ClN2S2. The lowest BCUT2D eigenvalue weighted by Gasteiger charge is -2.26. The minimum atomic E-state index is 0.697. The van der Waals surface area contributed by atoms with Gasteiger partial charge < -0.3 is 9.47 Å². The highest BCUT2D eigenvalue weighted by molar-refractivity contribution is 7.26. The first-order chi connectivity index (χ1) is 26.2. The molecule has 0 aliphatic carbocycles. The first kappa shape index (κ1) is 30.7. The summed E-state index contributed by atoms with van der Waals surface area (Å²) in [5.41, 5.74) is 9.04. The molecule has 5 heteroatoms. The summed E-state index contributed by atoms with van der Waals surface area (Å²) in [5, 5.41) is 8.28. The average Bonchev–Trinajstić information content (AvgIpc) is 3.88. The Kier molecular flexibility index (Phi) is 6.99. The molecule has 250 valence electrons. The summed E-state index contributed by atoms with van der Waals surface area (Å²) in [6.07, 6.45) is 0. The van der Waals surface area contributed by atoms with Gasteiger partial charge in [0, 0.05) is 84.5 Å². The fourth-order valence-corrected chi connectivity index (χ4v) is 10.7. The topological polar surface area (TPSA) is 8.17 Å². The lowest BCUT2D eigenvalue weighted by molar-refractivity contribution is 1.19. The van der Waals surface area contributed by atoms with Crippen molar-refractivity contribution in [3.8, 4) is 16.8 Å². The van der Waals surface area contributed by atoms with E-state index < -0.39 is 0 Å². The first-order valence-electron chi connectivity index (χ1n) is 17.7. The molecule has 0 atom stereocenters. The lowest BCUT2D eigenvalue weighted by atomic mass is 9.98. The molecular weight excluding hydrogens is 704 g/mol. The summed E-state index contributed by atoms with van der Waals surface area (Å²) in [6, 6.07) is 63.4. The second-order valence-electron chi connectivity index (χ2n) is 13.5. The molecule has 0 unspecified atom stereocenters. The number of nitrogens with zero attached hydrogens (tertiary/aromatic N) is 2. The zero-order valence-corrected chi connectivity index (χ0v) is 30.7. The summed E-state index contributed by atoms with van der Waals surface area (Å²) < 4.78 is 7.53. The maximum atomic E-state index is 7.17. The van der Waals surface area contributed by atoms with Gasteiger partial charge in [0.1, 0.15) is 0 Å². The van der Waals surface area contributed by atoms with Gasteiger partial charge in [-0.2, -0.15) is 0 Å². The predicted molar refractivity (Wildman–Crippen MR) is 232 cm³/mol. The summed E-state index contributed by atoms with van der Waals surface area (Å²) >= 11 is 10.9. The van der Waals surface area contributed by atoms with Crippen molar-refractivity contribution in [2.45, 2.75) is 0 Å². The quantitative estimate of drug-likeness (QED) is 0.171. The van der Waals surface area contributed by atoms with Crippen LogP contribution >= 0.6 is 34.3 Å². The molecule has 2 nitrogen and oxygen atoms in total. The number of hydrogen-bond acceptors (Lipinski definition) is 3. The SMILES string of the molecule is Clc1cc(-c2cc3c4ccccc4n(-c4ccccc4)c3c3c2sc2ccccc23)cc(N(c2ccccc2)c2ccc3c(c2)sc2ccccc23)c1. The fourth-order valence-electron chi connectivity index (χ4n) is 8.13. The maximum Gasteiger partial charge on any atom is 0.0634 e. The van der Waals surface area contributed by atoms with E-state index in [9.17, 15) is 0 Å². The van der Waals surface area contributed by atoms with E-state index in [-0.39, 0.29) is 0 Å². The van der Waals surface area contributed by atoms with Gasteiger partial charge >= 0.3 is 0 Å². The zero-order valence-electron chi connectivity index (χ0n) is 28.3. The second kappa shape index (κ2) is 12.1. The zero-order chi connectivity index (χ0) is 35.0. The van der Waals surface area contributed by atoms with Crippen LogP contribution < -0.4 is 4.90 Å². The van der Waals surface area contributed by atoms with Crippen molar-refractivity contribution in [3.05, 3.63) is 181 Å². The molecule has 0 fully saturated rings. The normalized spacial score (nSPS) is 11.9. The summed E-state index contributed by atoms with van der Waals surface area (Å²) in [6.45, 7) is 0. The predicted octanol–water partition coefficient (Wildman–Crippen LogP) is 15.3. The van der Waals surface area contributed by atoms with E-state index in [0.717, 1.165) is 28.3 Å². The molecule has 0 saturated heterocycles. The molecule has 0 bridgehead atoms. The van der Waals surface area contributed by atoms with Crippen molar-refractivity contribution in [2.24, 2.45) is 0 Å². The van der Waals surface area contributed by atoms with Gasteiger partial charge in [0.15, 0.2) is 0 Å². The first-order valence-corrected chi connectivity index (χ1v) is 19.7. The Morgan fingerprint density at radius 2 is 1.11 bits per heavy atom. The highest BCUT2D eigenvalue weighted by atomic mass is 35.5. The Bertz CT molecular complexity index is 3190. The van der Waals surface area contributed by atoms with Gasteiger partial charge in [0.25, 0.3) is 0 Å². The number of benzene rings is 8. The minimum absolute atomic E-state index is 0.697. The number of anilines is 3. The largest absolute Gasteiger partial charge is 0.310 e. The Hall–Kier alpha value is -5.91. The summed E-state index contributed by atoms with van der Waals surface area (Å²) in [5.74, 6) is 0. The number of para-hydroxylation sites is 3. The third-order valence-corrected chi connectivity index (χ3v) is 12.9. The molecule has 11 rings (SSSR count). The van der Waals surface area contributed by atoms with E-state index in [1.54, 1.807) is 0 Å². The van der Waals surface area contributed by atoms with Crippen LogP contribution in [0.2, 0.25) is 5.02 Å². The maximum absolute atomic E-state index is 7.17. The van der Waals surface area contributed by atoms with Gasteiger partial charge in [-0.3, -0.25) is 0 Å². The highest BCUT2D eigenvalue weighted by Gasteiger charge is 2.23. The van der Waals surface area contributed by atoms with Crippen LogP contribution in [0.5, 0.6) is 0 Å². The third kappa shape index (κ3) is 4.84. The van der Waals surface area contributed by atoms with E-state index in [0.29, 0.717) is 5.02 Å². The van der Waals surface area contributed by atoms with Crippen LogP contribution in [0.25, 0.3) is 79.0 Å². The van der Waals surface area contributed by atoms with Crippen molar-refractivity contribution < 1.29 is 0 Å². The Balaban J connectivity index is 1.19. The van der Waals surface area contributed by atoms with Crippen molar-refractivity contribution >= 4 is 113 Å². The molecule has 0 aliphatic rings. The van der Waals surface area contributed by atoms with Crippen molar-refractivity contribution in [2.75, 3.05) is 4.90 Å². The van der Waals surface area contributed by atoms with Gasteiger partial charge in [0.05, 0.1) is 11.0 Å². The fraction of sp³-hybridized carbons (Fsp3) is 0. The molecule has 0 N–H and O–H groups in total. The molecule has 53 heavy (non-hydrogen) atoms. The molecule has 0 aliphatic heterocycles. The number of rotatable bonds is 5. The van der Waals surface area contributed by atoms with Crippen LogP contribution in [0.15, 0.2) is 176 Å².